The van der Waals surface area contributed by atoms with Crippen molar-refractivity contribution < 1.29 is 19.4 Å². The molecule has 0 fully saturated rings. The molecule has 4 nitrogen and oxygen atoms in total. The highest BCUT2D eigenvalue weighted by atomic mass is 16.6. The van der Waals surface area contributed by atoms with Crippen LogP contribution in [0.2, 0.25) is 0 Å². The molecule has 0 aliphatic heterocycles. The number of carbonyl (C=O) groups is 1. The Morgan fingerprint density at radius 3 is 2.40 bits per heavy atom. The van der Waals surface area contributed by atoms with Gasteiger partial charge >= 0.3 is 5.97 Å². The maximum absolute atomic E-state index is 12.1. The van der Waals surface area contributed by atoms with Gasteiger partial charge in [0.05, 0.1) is 0 Å². The van der Waals surface area contributed by atoms with Crippen LogP contribution in [0.15, 0.2) is 24.3 Å². The van der Waals surface area contributed by atoms with Crippen LogP contribution in [-0.4, -0.2) is 28.9 Å². The summed E-state index contributed by atoms with van der Waals surface area (Å²) in [5.74, 6) is 0.185. The number of aliphatic hydroxyl groups excluding tert-OH is 1. The summed E-state index contributed by atoms with van der Waals surface area (Å²) in [5.41, 5.74) is -0.647. The zero-order valence-electron chi connectivity index (χ0n) is 12.9. The highest BCUT2D eigenvalue weighted by Gasteiger charge is 2.34. The molecule has 0 spiro atoms. The summed E-state index contributed by atoms with van der Waals surface area (Å²) in [6, 6.07) is 7.35. The van der Waals surface area contributed by atoms with Gasteiger partial charge in [-0.05, 0) is 58.7 Å². The summed E-state index contributed by atoms with van der Waals surface area (Å²) in [7, 11) is 0. The van der Waals surface area contributed by atoms with Crippen molar-refractivity contribution in [3.63, 3.8) is 0 Å². The molecule has 1 aromatic rings. The predicted octanol–water partition coefficient (Wildman–Crippen LogP) is 2.72. The Balaban J connectivity index is 2.79. The van der Waals surface area contributed by atoms with E-state index >= 15 is 0 Å². The number of carbonyl (C=O) groups excluding carboxylic acids is 1. The molecule has 1 N–H and O–H groups in total. The van der Waals surface area contributed by atoms with Crippen LogP contribution in [0.25, 0.3) is 0 Å². The molecule has 4 heteroatoms. The van der Waals surface area contributed by atoms with Gasteiger partial charge in [0, 0.05) is 6.61 Å². The molecule has 112 valence electrons. The lowest BCUT2D eigenvalue weighted by Gasteiger charge is -2.29. The molecule has 0 atom stereocenters. The lowest BCUT2D eigenvalue weighted by Crippen LogP contribution is -2.43. The third-order valence-corrected chi connectivity index (χ3v) is 2.56. The van der Waals surface area contributed by atoms with E-state index in [1.165, 1.54) is 0 Å². The Hall–Kier alpha value is -1.55. The van der Waals surface area contributed by atoms with Crippen molar-refractivity contribution in [1.82, 2.24) is 0 Å². The second kappa shape index (κ2) is 6.27. The molecular formula is C16H24O4. The van der Waals surface area contributed by atoms with Crippen LogP contribution in [0.5, 0.6) is 5.75 Å². The van der Waals surface area contributed by atoms with Crippen molar-refractivity contribution in [2.24, 2.45) is 0 Å². The number of esters is 1. The third kappa shape index (κ3) is 5.21. The average Bonchev–Trinajstić information content (AvgIpc) is 2.26. The highest BCUT2D eigenvalue weighted by molar-refractivity contribution is 5.79. The monoisotopic (exact) mass is 280 g/mol. The average molecular weight is 280 g/mol. The molecule has 0 heterocycles. The van der Waals surface area contributed by atoms with E-state index in [1.54, 1.807) is 19.9 Å². The standard InChI is InChI=1S/C16H24O4/c1-15(2,3)20-14(18)16(4,5)19-13-8-6-7-12(11-13)9-10-17/h6-8,11,17H,9-10H2,1-5H3. The zero-order chi connectivity index (χ0) is 15.4. The van der Waals surface area contributed by atoms with E-state index in [1.807, 2.05) is 39.0 Å². The van der Waals surface area contributed by atoms with E-state index in [-0.39, 0.29) is 6.61 Å². The van der Waals surface area contributed by atoms with E-state index < -0.39 is 17.2 Å². The van der Waals surface area contributed by atoms with Crippen molar-refractivity contribution >= 4 is 5.97 Å². The Morgan fingerprint density at radius 1 is 1.20 bits per heavy atom. The smallest absolute Gasteiger partial charge is 0.350 e. The summed E-state index contributed by atoms with van der Waals surface area (Å²) in [5, 5.41) is 8.94. The summed E-state index contributed by atoms with van der Waals surface area (Å²) in [6.45, 7) is 8.91. The molecule has 0 aliphatic carbocycles. The zero-order valence-corrected chi connectivity index (χ0v) is 12.9. The van der Waals surface area contributed by atoms with Crippen molar-refractivity contribution in [3.8, 4) is 5.75 Å². The van der Waals surface area contributed by atoms with Gasteiger partial charge < -0.3 is 14.6 Å². The fraction of sp³-hybridized carbons (Fsp3) is 0.562. The molecule has 0 aliphatic rings. The maximum Gasteiger partial charge on any atom is 0.350 e. The lowest BCUT2D eigenvalue weighted by atomic mass is 10.1. The minimum atomic E-state index is -1.06. The number of benzene rings is 1. The molecule has 1 aromatic carbocycles. The highest BCUT2D eigenvalue weighted by Crippen LogP contribution is 2.23. The Labute approximate surface area is 120 Å². The summed E-state index contributed by atoms with van der Waals surface area (Å²) >= 11 is 0. The van der Waals surface area contributed by atoms with Crippen LogP contribution in [-0.2, 0) is 16.0 Å². The summed E-state index contributed by atoms with van der Waals surface area (Å²) in [4.78, 5) is 12.1. The van der Waals surface area contributed by atoms with E-state index in [0.29, 0.717) is 12.2 Å². The Morgan fingerprint density at radius 2 is 1.85 bits per heavy atom. The van der Waals surface area contributed by atoms with Crippen molar-refractivity contribution in [1.29, 1.82) is 0 Å². The first-order valence-electron chi connectivity index (χ1n) is 6.76. The van der Waals surface area contributed by atoms with Gasteiger partial charge in [0.25, 0.3) is 0 Å². The lowest BCUT2D eigenvalue weighted by molar-refractivity contribution is -0.170. The minimum Gasteiger partial charge on any atom is -0.476 e. The molecule has 0 saturated heterocycles. The Bertz CT molecular complexity index is 458. The molecule has 0 amide bonds. The van der Waals surface area contributed by atoms with Gasteiger partial charge in [-0.25, -0.2) is 4.79 Å². The van der Waals surface area contributed by atoms with E-state index in [4.69, 9.17) is 14.6 Å². The van der Waals surface area contributed by atoms with Crippen LogP contribution >= 0.6 is 0 Å². The predicted molar refractivity (Wildman–Crippen MR) is 77.8 cm³/mol. The molecule has 0 unspecified atom stereocenters. The first kappa shape index (κ1) is 16.5. The van der Waals surface area contributed by atoms with Crippen molar-refractivity contribution in [2.45, 2.75) is 52.2 Å². The van der Waals surface area contributed by atoms with Crippen LogP contribution in [0.3, 0.4) is 0 Å². The van der Waals surface area contributed by atoms with Crippen LogP contribution in [0.1, 0.15) is 40.2 Å². The fourth-order valence-corrected chi connectivity index (χ4v) is 1.63. The molecular weight excluding hydrogens is 256 g/mol. The van der Waals surface area contributed by atoms with E-state index in [9.17, 15) is 4.79 Å². The van der Waals surface area contributed by atoms with E-state index in [0.717, 1.165) is 5.56 Å². The first-order chi connectivity index (χ1) is 9.14. The number of rotatable bonds is 5. The van der Waals surface area contributed by atoms with Crippen LogP contribution in [0.4, 0.5) is 0 Å². The largest absolute Gasteiger partial charge is 0.476 e. The number of hydrogen-bond acceptors (Lipinski definition) is 4. The second-order valence-corrected chi connectivity index (χ2v) is 6.24. The van der Waals surface area contributed by atoms with Gasteiger partial charge in [-0.3, -0.25) is 0 Å². The topological polar surface area (TPSA) is 55.8 Å². The molecule has 20 heavy (non-hydrogen) atoms. The summed E-state index contributed by atoms with van der Waals surface area (Å²) < 4.78 is 11.1. The van der Waals surface area contributed by atoms with Gasteiger partial charge in [-0.1, -0.05) is 12.1 Å². The minimum absolute atomic E-state index is 0.0823. The van der Waals surface area contributed by atoms with Crippen molar-refractivity contribution in [3.05, 3.63) is 29.8 Å². The quantitative estimate of drug-likeness (QED) is 0.843. The van der Waals surface area contributed by atoms with Gasteiger partial charge in [-0.2, -0.15) is 0 Å². The SMILES string of the molecule is CC(C)(C)OC(=O)C(C)(C)Oc1cccc(CCO)c1. The second-order valence-electron chi connectivity index (χ2n) is 6.24. The number of aliphatic hydroxyl groups is 1. The molecule has 1 rings (SSSR count). The van der Waals surface area contributed by atoms with Crippen LogP contribution in [0, 0.1) is 0 Å². The molecule has 0 aromatic heterocycles. The van der Waals surface area contributed by atoms with Gasteiger partial charge in [0.15, 0.2) is 5.60 Å². The van der Waals surface area contributed by atoms with Crippen LogP contribution < -0.4 is 4.74 Å². The number of ether oxygens (including phenoxy) is 2. The van der Waals surface area contributed by atoms with Gasteiger partial charge in [-0.15, -0.1) is 0 Å². The summed E-state index contributed by atoms with van der Waals surface area (Å²) in [6.07, 6.45) is 0.560. The maximum atomic E-state index is 12.1. The number of hydrogen-bond donors (Lipinski definition) is 1. The third-order valence-electron chi connectivity index (χ3n) is 2.56. The normalized spacial score (nSPS) is 12.1. The Kier molecular flexibility index (Phi) is 5.17. The first-order valence-corrected chi connectivity index (χ1v) is 6.76. The fourth-order valence-electron chi connectivity index (χ4n) is 1.63. The molecule has 0 radical (unpaired) electrons. The van der Waals surface area contributed by atoms with Gasteiger partial charge in [0.1, 0.15) is 11.4 Å². The van der Waals surface area contributed by atoms with Gasteiger partial charge in [0.2, 0.25) is 0 Å². The molecule has 0 saturated carbocycles. The molecule has 0 bridgehead atoms. The van der Waals surface area contributed by atoms with Crippen molar-refractivity contribution in [2.75, 3.05) is 6.61 Å². The van der Waals surface area contributed by atoms with E-state index in [2.05, 4.69) is 0 Å².